The van der Waals surface area contributed by atoms with E-state index in [1.54, 1.807) is 23.8 Å². The molecule has 0 bridgehead atoms. The highest BCUT2D eigenvalue weighted by Gasteiger charge is 2.46. The van der Waals surface area contributed by atoms with Crippen molar-refractivity contribution in [1.82, 2.24) is 0 Å². The van der Waals surface area contributed by atoms with E-state index >= 15 is 0 Å². The van der Waals surface area contributed by atoms with Crippen molar-refractivity contribution in [2.24, 2.45) is 5.92 Å². The molecule has 0 spiro atoms. The molecule has 0 heterocycles. The van der Waals surface area contributed by atoms with Crippen LogP contribution >= 0.6 is 23.8 Å². The van der Waals surface area contributed by atoms with E-state index < -0.39 is 0 Å². The Morgan fingerprint density at radius 2 is 1.74 bits per heavy atom. The van der Waals surface area contributed by atoms with Gasteiger partial charge in [-0.25, -0.2) is 0 Å². The zero-order valence-corrected chi connectivity index (χ0v) is 23.9. The zero-order chi connectivity index (χ0) is 25.7. The summed E-state index contributed by atoms with van der Waals surface area (Å²) in [5.74, 6) is 0.672. The number of allylic oxidation sites excluding steroid dienone is 3. The van der Waals surface area contributed by atoms with E-state index in [1.165, 1.54) is 34.4 Å². The number of nitrogens with one attached hydrogen (secondary N) is 1. The van der Waals surface area contributed by atoms with Gasteiger partial charge in [0.05, 0.1) is 11.4 Å². The molecule has 1 saturated carbocycles. The first kappa shape index (κ1) is 29.4. The van der Waals surface area contributed by atoms with Crippen LogP contribution in [0.15, 0.2) is 90.0 Å². The summed E-state index contributed by atoms with van der Waals surface area (Å²) in [6.07, 6.45) is 11.5. The number of hydrogen-bond donors (Lipinski definition) is 1. The largest absolute Gasteiger partial charge is 0.359 e. The van der Waals surface area contributed by atoms with Gasteiger partial charge < -0.3 is 9.50 Å². The monoisotopic (exact) mass is 509 g/mol. The molecule has 0 saturated heterocycles. The maximum atomic E-state index is 6.03. The molecule has 2 aromatic carbocycles. The highest BCUT2D eigenvalue weighted by Crippen LogP contribution is 2.57. The Balaban J connectivity index is 0.00000210. The van der Waals surface area contributed by atoms with Gasteiger partial charge in [0, 0.05) is 34.7 Å². The van der Waals surface area contributed by atoms with Crippen molar-refractivity contribution in [2.75, 3.05) is 18.2 Å². The SMILES string of the molecule is C=C/C(=C\CC(C)C)CCOSC1(c2ccc(NC(=C)Cc3ccc(SC)cc3)cc2)CC1.CC. The summed E-state index contributed by atoms with van der Waals surface area (Å²) in [4.78, 5) is 1.28. The second-order valence-corrected chi connectivity index (χ2v) is 11.2. The lowest BCUT2D eigenvalue weighted by atomic mass is 10.1. The molecule has 0 amide bonds. The molecule has 0 aromatic heterocycles. The fourth-order valence-electron chi connectivity index (χ4n) is 3.62. The lowest BCUT2D eigenvalue weighted by Crippen LogP contribution is -2.05. The fourth-order valence-corrected chi connectivity index (χ4v) is 4.92. The Hall–Kier alpha value is -1.88. The van der Waals surface area contributed by atoms with Crippen LogP contribution < -0.4 is 5.32 Å². The molecule has 2 nitrogen and oxygen atoms in total. The summed E-state index contributed by atoms with van der Waals surface area (Å²) in [6.45, 7) is 17.4. The van der Waals surface area contributed by atoms with Crippen LogP contribution in [0.4, 0.5) is 5.69 Å². The summed E-state index contributed by atoms with van der Waals surface area (Å²) >= 11 is 3.41. The van der Waals surface area contributed by atoms with Gasteiger partial charge in [0.2, 0.25) is 0 Å². The second-order valence-electron chi connectivity index (χ2n) is 9.09. The van der Waals surface area contributed by atoms with E-state index in [0.29, 0.717) is 5.92 Å². The van der Waals surface area contributed by atoms with Gasteiger partial charge in [-0.2, -0.15) is 0 Å². The number of benzene rings is 2. The first-order valence-corrected chi connectivity index (χ1v) is 14.7. The van der Waals surface area contributed by atoms with Crippen LogP contribution in [-0.4, -0.2) is 12.9 Å². The van der Waals surface area contributed by atoms with E-state index in [1.807, 2.05) is 19.9 Å². The lowest BCUT2D eigenvalue weighted by Gasteiger charge is -2.16. The third-order valence-corrected chi connectivity index (χ3v) is 7.81. The first-order chi connectivity index (χ1) is 16.9. The molecule has 190 valence electrons. The Kier molecular flexibility index (Phi) is 12.8. The molecule has 3 rings (SSSR count). The molecule has 2 aromatic rings. The van der Waals surface area contributed by atoms with Gasteiger partial charge in [-0.05, 0) is 73.2 Å². The molecule has 0 aliphatic heterocycles. The molecule has 35 heavy (non-hydrogen) atoms. The zero-order valence-electron chi connectivity index (χ0n) is 22.2. The molecule has 1 N–H and O–H groups in total. The van der Waals surface area contributed by atoms with E-state index in [2.05, 4.69) is 93.2 Å². The summed E-state index contributed by atoms with van der Waals surface area (Å²) < 4.78 is 6.14. The summed E-state index contributed by atoms with van der Waals surface area (Å²) in [7, 11) is 0. The van der Waals surface area contributed by atoms with E-state index in [4.69, 9.17) is 4.18 Å². The predicted octanol–water partition coefficient (Wildman–Crippen LogP) is 9.81. The van der Waals surface area contributed by atoms with Gasteiger partial charge >= 0.3 is 0 Å². The average molecular weight is 510 g/mol. The van der Waals surface area contributed by atoms with Crippen molar-refractivity contribution in [3.8, 4) is 0 Å². The molecular formula is C31H43NOS2. The summed E-state index contributed by atoms with van der Waals surface area (Å²) in [5, 5.41) is 3.46. The standard InChI is InChI=1S/C29H37NOS2.C2H6/c1-6-24(8-7-22(2)3)17-20-31-33-29(18-19-29)26-11-13-27(14-12-26)30-23(4)21-25-9-15-28(32-5)16-10-25;1-2/h6,8-16,22,30H,1,4,7,17-21H2,2-3,5H3;1-2H3/b24-8+;. The van der Waals surface area contributed by atoms with E-state index in [9.17, 15) is 0 Å². The van der Waals surface area contributed by atoms with E-state index in [-0.39, 0.29) is 4.75 Å². The van der Waals surface area contributed by atoms with Crippen LogP contribution in [0.1, 0.15) is 64.5 Å². The minimum absolute atomic E-state index is 0.116. The summed E-state index contributed by atoms with van der Waals surface area (Å²) in [6, 6.07) is 17.4. The van der Waals surface area contributed by atoms with Crippen molar-refractivity contribution < 1.29 is 4.18 Å². The smallest absolute Gasteiger partial charge is 0.0672 e. The van der Waals surface area contributed by atoms with Crippen LogP contribution in [0, 0.1) is 5.92 Å². The molecule has 0 unspecified atom stereocenters. The van der Waals surface area contributed by atoms with Gasteiger partial charge in [-0.3, -0.25) is 0 Å². The second kappa shape index (κ2) is 15.3. The third-order valence-electron chi connectivity index (χ3n) is 5.82. The van der Waals surface area contributed by atoms with Gasteiger partial charge in [0.1, 0.15) is 0 Å². The van der Waals surface area contributed by atoms with Crippen LogP contribution in [0.25, 0.3) is 0 Å². The summed E-state index contributed by atoms with van der Waals surface area (Å²) in [5.41, 5.74) is 5.98. The highest BCUT2D eigenvalue weighted by molar-refractivity contribution is 7.98. The van der Waals surface area contributed by atoms with Crippen molar-refractivity contribution in [3.05, 3.63) is 96.2 Å². The molecule has 1 aliphatic rings. The number of rotatable bonds is 14. The van der Waals surface area contributed by atoms with Crippen LogP contribution in [0.3, 0.4) is 0 Å². The normalized spacial score (nSPS) is 14.2. The van der Waals surface area contributed by atoms with Crippen molar-refractivity contribution in [2.45, 2.75) is 69.4 Å². The average Bonchev–Trinajstić information content (AvgIpc) is 3.66. The predicted molar refractivity (Wildman–Crippen MR) is 159 cm³/mol. The van der Waals surface area contributed by atoms with Crippen LogP contribution in [-0.2, 0) is 15.4 Å². The minimum Gasteiger partial charge on any atom is -0.359 e. The quantitative estimate of drug-likeness (QED) is 0.118. The fraction of sp³-hybridized carbons (Fsp3) is 0.419. The Labute approximate surface area is 222 Å². The van der Waals surface area contributed by atoms with Gasteiger partial charge in [-0.1, -0.05) is 82.8 Å². The number of hydrogen-bond acceptors (Lipinski definition) is 4. The van der Waals surface area contributed by atoms with Crippen molar-refractivity contribution in [3.63, 3.8) is 0 Å². The molecule has 0 radical (unpaired) electrons. The van der Waals surface area contributed by atoms with Gasteiger partial charge in [0.15, 0.2) is 0 Å². The molecule has 0 atom stereocenters. The van der Waals surface area contributed by atoms with Gasteiger partial charge in [-0.15, -0.1) is 11.8 Å². The van der Waals surface area contributed by atoms with Crippen LogP contribution in [0.2, 0.25) is 0 Å². The third kappa shape index (κ3) is 9.95. The Bertz CT molecular complexity index is 941. The first-order valence-electron chi connectivity index (χ1n) is 12.7. The van der Waals surface area contributed by atoms with Crippen molar-refractivity contribution >= 4 is 29.5 Å². The minimum atomic E-state index is 0.116. The van der Waals surface area contributed by atoms with Gasteiger partial charge in [0.25, 0.3) is 0 Å². The Morgan fingerprint density at radius 3 is 2.29 bits per heavy atom. The maximum absolute atomic E-state index is 6.03. The number of thioether (sulfide) groups is 1. The molecule has 1 fully saturated rings. The highest BCUT2D eigenvalue weighted by atomic mass is 32.2. The van der Waals surface area contributed by atoms with E-state index in [0.717, 1.165) is 37.3 Å². The maximum Gasteiger partial charge on any atom is 0.0672 e. The molecular weight excluding hydrogens is 466 g/mol. The topological polar surface area (TPSA) is 21.3 Å². The van der Waals surface area contributed by atoms with Crippen molar-refractivity contribution in [1.29, 1.82) is 0 Å². The molecule has 1 aliphatic carbocycles. The molecule has 4 heteroatoms. The Morgan fingerprint density at radius 1 is 1.09 bits per heavy atom. The lowest BCUT2D eigenvalue weighted by molar-refractivity contribution is 0.375. The van der Waals surface area contributed by atoms with Crippen LogP contribution in [0.5, 0.6) is 0 Å². The number of anilines is 1.